The predicted molar refractivity (Wildman–Crippen MR) is 104 cm³/mol. The number of halogens is 1. The summed E-state index contributed by atoms with van der Waals surface area (Å²) in [5, 5.41) is 3.72. The second-order valence-corrected chi connectivity index (χ2v) is 8.29. The molecule has 0 aromatic heterocycles. The van der Waals surface area contributed by atoms with Crippen LogP contribution in [0.5, 0.6) is 11.5 Å². The van der Waals surface area contributed by atoms with Crippen LogP contribution in [-0.2, 0) is 21.4 Å². The summed E-state index contributed by atoms with van der Waals surface area (Å²) in [7, 11) is 1.67. The first-order chi connectivity index (χ1) is 12.5. The van der Waals surface area contributed by atoms with E-state index in [-0.39, 0.29) is 24.2 Å². The lowest BCUT2D eigenvalue weighted by Gasteiger charge is -2.64. The Morgan fingerprint density at radius 2 is 2.15 bits per heavy atom. The van der Waals surface area contributed by atoms with Crippen LogP contribution in [0.15, 0.2) is 12.1 Å². The molecule has 2 aliphatic carbocycles. The van der Waals surface area contributed by atoms with E-state index < -0.39 is 16.6 Å². The average molecular weight is 394 g/mol. The lowest BCUT2D eigenvalue weighted by atomic mass is 9.45. The second-order valence-electron chi connectivity index (χ2n) is 8.29. The van der Waals surface area contributed by atoms with Gasteiger partial charge in [-0.05, 0) is 50.8 Å². The Balaban J connectivity index is 0.00000180. The zero-order valence-electron chi connectivity index (χ0n) is 16.2. The van der Waals surface area contributed by atoms with E-state index in [1.54, 1.807) is 7.11 Å². The number of carbonyl (C=O) groups excluding carboxylic acids is 1. The molecule has 1 saturated carbocycles. The van der Waals surface area contributed by atoms with Crippen molar-refractivity contribution in [2.24, 2.45) is 0 Å². The molecular formula is C21H28ClNO4. The van der Waals surface area contributed by atoms with Crippen molar-refractivity contribution in [3.05, 3.63) is 23.3 Å². The van der Waals surface area contributed by atoms with Gasteiger partial charge in [-0.25, -0.2) is 0 Å². The topological polar surface area (TPSA) is 56.8 Å². The molecule has 6 heteroatoms. The van der Waals surface area contributed by atoms with E-state index in [1.165, 1.54) is 11.1 Å². The number of hydrogen-bond donors (Lipinski definition) is 1. The molecule has 2 fully saturated rings. The van der Waals surface area contributed by atoms with E-state index in [0.717, 1.165) is 43.7 Å². The Kier molecular flexibility index (Phi) is 4.30. The molecule has 0 radical (unpaired) electrons. The molecule has 1 unspecified atom stereocenters. The van der Waals surface area contributed by atoms with Crippen LogP contribution in [0.2, 0.25) is 0 Å². The van der Waals surface area contributed by atoms with E-state index in [0.29, 0.717) is 13.0 Å². The van der Waals surface area contributed by atoms with Crippen LogP contribution in [0, 0.1) is 0 Å². The number of ether oxygens (including phenoxy) is 3. The third-order valence-corrected chi connectivity index (χ3v) is 7.39. The Bertz CT molecular complexity index is 799. The first-order valence-electron chi connectivity index (χ1n) is 9.84. The van der Waals surface area contributed by atoms with Crippen molar-refractivity contribution in [1.29, 1.82) is 0 Å². The van der Waals surface area contributed by atoms with Crippen LogP contribution in [0.3, 0.4) is 0 Å². The highest BCUT2D eigenvalue weighted by molar-refractivity contribution is 5.94. The number of nitrogens with one attached hydrogen (secondary N) is 1. The molecule has 5 rings (SSSR count). The molecule has 2 aliphatic heterocycles. The summed E-state index contributed by atoms with van der Waals surface area (Å²) in [4.78, 5) is 13.2. The van der Waals surface area contributed by atoms with Crippen molar-refractivity contribution in [1.82, 2.24) is 5.32 Å². The van der Waals surface area contributed by atoms with Crippen LogP contribution >= 0.6 is 12.4 Å². The highest BCUT2D eigenvalue weighted by Gasteiger charge is 2.77. The summed E-state index contributed by atoms with van der Waals surface area (Å²) in [5.74, 6) is 1.69. The van der Waals surface area contributed by atoms with Gasteiger partial charge in [-0.15, -0.1) is 12.4 Å². The van der Waals surface area contributed by atoms with Gasteiger partial charge >= 0.3 is 0 Å². The Morgan fingerprint density at radius 3 is 2.89 bits per heavy atom. The largest absolute Gasteiger partial charge is 0.493 e. The van der Waals surface area contributed by atoms with Crippen molar-refractivity contribution >= 4 is 18.2 Å². The standard InChI is InChI=1S/C21H27NO4.ClH/c1-4-11-25-21-8-7-16(23)19(2)20(21)9-10-22-15(21)12-13-5-6-14(24-3)18(26-19)17(13)20;/h5-6,15,22H,4,7-12H2,1-3H3;1H/t15-,19+,20+,21?;/m1./s1. The maximum atomic E-state index is 13.2. The number of hydrogen-bond acceptors (Lipinski definition) is 5. The molecule has 1 aromatic rings. The number of carbonyl (C=O) groups is 1. The van der Waals surface area contributed by atoms with Gasteiger partial charge in [-0.3, -0.25) is 4.79 Å². The van der Waals surface area contributed by atoms with Crippen LogP contribution in [-0.4, -0.2) is 43.3 Å². The molecule has 4 aliphatic rings. The minimum absolute atomic E-state index is 0. The number of methoxy groups -OCH3 is 1. The molecule has 2 bridgehead atoms. The fraction of sp³-hybridized carbons (Fsp3) is 0.667. The molecule has 1 saturated heterocycles. The van der Waals surface area contributed by atoms with Crippen molar-refractivity contribution in [3.63, 3.8) is 0 Å². The van der Waals surface area contributed by atoms with E-state index in [1.807, 2.05) is 13.0 Å². The summed E-state index contributed by atoms with van der Waals surface area (Å²) < 4.78 is 18.8. The zero-order valence-corrected chi connectivity index (χ0v) is 17.0. The fourth-order valence-electron chi connectivity index (χ4n) is 6.38. The number of ketones is 1. The molecule has 2 heterocycles. The summed E-state index contributed by atoms with van der Waals surface area (Å²) in [6.45, 7) is 5.72. The lowest BCUT2D eigenvalue weighted by molar-refractivity contribution is -0.209. The number of Topliss-reactive ketones (excluding diaryl/α,β-unsaturated/α-hetero) is 1. The zero-order chi connectivity index (χ0) is 18.2. The lowest BCUT2D eigenvalue weighted by Crippen LogP contribution is -2.80. The van der Waals surface area contributed by atoms with Crippen LogP contribution in [0.1, 0.15) is 50.7 Å². The number of rotatable bonds is 4. The maximum absolute atomic E-state index is 13.2. The Morgan fingerprint density at radius 1 is 1.33 bits per heavy atom. The Hall–Kier alpha value is -1.30. The molecule has 27 heavy (non-hydrogen) atoms. The summed E-state index contributed by atoms with van der Waals surface area (Å²) in [6.07, 6.45) is 3.99. The van der Waals surface area contributed by atoms with Crippen molar-refractivity contribution in [3.8, 4) is 11.5 Å². The van der Waals surface area contributed by atoms with E-state index in [2.05, 4.69) is 18.3 Å². The number of benzene rings is 1. The molecule has 1 spiro atoms. The van der Waals surface area contributed by atoms with Gasteiger partial charge in [0.15, 0.2) is 22.9 Å². The van der Waals surface area contributed by atoms with Gasteiger partial charge in [0.25, 0.3) is 0 Å². The van der Waals surface area contributed by atoms with Crippen molar-refractivity contribution < 1.29 is 19.0 Å². The first kappa shape index (κ1) is 19.0. The molecule has 4 atom stereocenters. The molecular weight excluding hydrogens is 366 g/mol. The summed E-state index contributed by atoms with van der Waals surface area (Å²) in [6, 6.07) is 4.34. The average Bonchev–Trinajstić information content (AvgIpc) is 2.91. The third kappa shape index (κ3) is 1.95. The number of piperidine rings is 1. The fourth-order valence-corrected chi connectivity index (χ4v) is 6.38. The smallest absolute Gasteiger partial charge is 0.177 e. The van der Waals surface area contributed by atoms with Gasteiger partial charge in [0, 0.05) is 24.6 Å². The predicted octanol–water partition coefficient (Wildman–Crippen LogP) is 2.95. The highest BCUT2D eigenvalue weighted by atomic mass is 35.5. The SMILES string of the molecule is CCCOC12CCC(=O)[C@]3(C)Oc4c(OC)ccc5c4[C@]13CCN[C@@H]2C5.Cl. The molecule has 0 amide bonds. The van der Waals surface area contributed by atoms with Gasteiger partial charge in [-0.2, -0.15) is 0 Å². The van der Waals surface area contributed by atoms with Crippen LogP contribution in [0.25, 0.3) is 0 Å². The van der Waals surface area contributed by atoms with Crippen LogP contribution in [0.4, 0.5) is 0 Å². The van der Waals surface area contributed by atoms with E-state index in [4.69, 9.17) is 14.2 Å². The molecule has 1 aromatic carbocycles. The minimum atomic E-state index is -0.883. The molecule has 148 valence electrons. The minimum Gasteiger partial charge on any atom is -0.493 e. The third-order valence-electron chi connectivity index (χ3n) is 7.39. The molecule has 5 nitrogen and oxygen atoms in total. The van der Waals surface area contributed by atoms with Crippen molar-refractivity contribution in [2.45, 2.75) is 68.6 Å². The van der Waals surface area contributed by atoms with Gasteiger partial charge in [0.05, 0.1) is 18.1 Å². The summed E-state index contributed by atoms with van der Waals surface area (Å²) >= 11 is 0. The highest BCUT2D eigenvalue weighted by Crippen LogP contribution is 2.68. The maximum Gasteiger partial charge on any atom is 0.177 e. The van der Waals surface area contributed by atoms with Gasteiger partial charge in [-0.1, -0.05) is 13.0 Å². The summed E-state index contributed by atoms with van der Waals surface area (Å²) in [5.41, 5.74) is 0.742. The monoisotopic (exact) mass is 393 g/mol. The van der Waals surface area contributed by atoms with Gasteiger partial charge in [0.1, 0.15) is 0 Å². The molecule has 1 N–H and O–H groups in total. The Labute approximate surface area is 166 Å². The van der Waals surface area contributed by atoms with E-state index >= 15 is 0 Å². The quantitative estimate of drug-likeness (QED) is 0.852. The normalized spacial score (nSPS) is 37.9. The van der Waals surface area contributed by atoms with Gasteiger partial charge in [0.2, 0.25) is 0 Å². The van der Waals surface area contributed by atoms with Crippen LogP contribution < -0.4 is 14.8 Å². The van der Waals surface area contributed by atoms with Gasteiger partial charge < -0.3 is 19.5 Å². The first-order valence-corrected chi connectivity index (χ1v) is 9.84. The second kappa shape index (κ2) is 6.10. The van der Waals surface area contributed by atoms with Crippen molar-refractivity contribution in [2.75, 3.05) is 20.3 Å². The van der Waals surface area contributed by atoms with E-state index in [9.17, 15) is 4.79 Å².